The summed E-state index contributed by atoms with van der Waals surface area (Å²) in [5, 5.41) is 18.8. The highest BCUT2D eigenvalue weighted by Crippen LogP contribution is 2.40. The number of hydrogen-bond donors (Lipinski definition) is 4. The number of carbonyl (C=O) groups excluding carboxylic acids is 6. The summed E-state index contributed by atoms with van der Waals surface area (Å²) in [7, 11) is 1.68. The molecule has 0 radical (unpaired) electrons. The summed E-state index contributed by atoms with van der Waals surface area (Å²) >= 11 is 0. The third-order valence-electron chi connectivity index (χ3n) is 15.2. The molecule has 0 saturated carbocycles. The lowest BCUT2D eigenvalue weighted by atomic mass is 9.90. The number of carbonyl (C=O) groups is 6. The minimum atomic E-state index is -1.10. The van der Waals surface area contributed by atoms with E-state index in [0.29, 0.717) is 66.0 Å². The van der Waals surface area contributed by atoms with Crippen LogP contribution in [0.3, 0.4) is 0 Å². The second kappa shape index (κ2) is 22.6. The van der Waals surface area contributed by atoms with Gasteiger partial charge < -0.3 is 39.2 Å². The maximum Gasteiger partial charge on any atom is 0.276 e. The fourth-order valence-corrected chi connectivity index (χ4v) is 11.3. The lowest BCUT2D eigenvalue weighted by Gasteiger charge is -2.36. The maximum atomic E-state index is 14.0. The van der Waals surface area contributed by atoms with Gasteiger partial charge in [0.25, 0.3) is 23.3 Å². The number of aryl methyl sites for hydroxylation is 1. The first-order valence-electron chi connectivity index (χ1n) is 26.5. The fourth-order valence-electron chi connectivity index (χ4n) is 11.3. The molecule has 0 spiro atoms. The summed E-state index contributed by atoms with van der Waals surface area (Å²) in [6.45, 7) is 10.7. The van der Waals surface area contributed by atoms with Gasteiger partial charge >= 0.3 is 0 Å². The molecule has 404 valence electrons. The number of nitrogens with one attached hydrogen (secondary N) is 3. The quantitative estimate of drug-likeness (QED) is 0.0623. The zero-order chi connectivity index (χ0) is 54.0. The van der Waals surface area contributed by atoms with Crippen LogP contribution in [0.5, 0.6) is 0 Å². The van der Waals surface area contributed by atoms with Crippen LogP contribution in [0.2, 0.25) is 0 Å². The van der Waals surface area contributed by atoms with Crippen LogP contribution in [0.15, 0.2) is 71.9 Å². The zero-order valence-corrected chi connectivity index (χ0v) is 43.8. The van der Waals surface area contributed by atoms with Gasteiger partial charge in [-0.15, -0.1) is 0 Å². The third-order valence-corrected chi connectivity index (χ3v) is 15.2. The van der Waals surface area contributed by atoms with Crippen LogP contribution >= 0.6 is 0 Å². The molecule has 5 aliphatic rings. The van der Waals surface area contributed by atoms with Gasteiger partial charge in [-0.25, -0.2) is 9.97 Å². The van der Waals surface area contributed by atoms with E-state index < -0.39 is 35.6 Å². The van der Waals surface area contributed by atoms with Crippen molar-refractivity contribution in [2.45, 2.75) is 84.4 Å². The molecule has 0 bridgehead atoms. The molecule has 5 aromatic rings. The van der Waals surface area contributed by atoms with Crippen LogP contribution in [0.1, 0.15) is 100 Å². The van der Waals surface area contributed by atoms with Gasteiger partial charge in [0.1, 0.15) is 35.7 Å². The van der Waals surface area contributed by atoms with E-state index in [0.717, 1.165) is 81.8 Å². The van der Waals surface area contributed by atoms with Gasteiger partial charge in [-0.3, -0.25) is 53.6 Å². The van der Waals surface area contributed by atoms with E-state index in [9.17, 15) is 38.7 Å². The number of pyridine rings is 3. The molecule has 6 amide bonds. The van der Waals surface area contributed by atoms with Crippen molar-refractivity contribution in [2.75, 3.05) is 86.1 Å². The predicted octanol–water partition coefficient (Wildman–Crippen LogP) is 4.42. The number of aromatic nitrogens is 4. The minimum Gasteiger partial charge on any atom is -0.392 e. The van der Waals surface area contributed by atoms with Gasteiger partial charge in [-0.05, 0) is 97.7 Å². The van der Waals surface area contributed by atoms with Crippen LogP contribution in [0, 0.1) is 5.41 Å². The Balaban J connectivity index is 0.618. The van der Waals surface area contributed by atoms with E-state index in [2.05, 4.69) is 54.1 Å². The second-order valence-corrected chi connectivity index (χ2v) is 21.2. The maximum absolute atomic E-state index is 14.0. The summed E-state index contributed by atoms with van der Waals surface area (Å²) in [5.74, 6) is -2.24. The van der Waals surface area contributed by atoms with Gasteiger partial charge in [0, 0.05) is 88.6 Å². The molecule has 2 saturated heterocycles. The van der Waals surface area contributed by atoms with E-state index in [1.54, 1.807) is 36.5 Å². The van der Waals surface area contributed by atoms with Gasteiger partial charge in [0.15, 0.2) is 0 Å². The molecule has 1 aromatic carbocycles. The number of ether oxygens (including phenoxy) is 2. The first kappa shape index (κ1) is 52.8. The van der Waals surface area contributed by atoms with E-state index in [4.69, 9.17) is 9.47 Å². The highest BCUT2D eigenvalue weighted by atomic mass is 16.5. The highest BCUT2D eigenvalue weighted by Gasteiger charge is 2.46. The number of nitrogens with zero attached hydrogens (tertiary/aromatic N) is 8. The zero-order valence-electron chi connectivity index (χ0n) is 43.8. The van der Waals surface area contributed by atoms with Crippen LogP contribution in [-0.4, -0.2) is 141 Å². The number of amides is 6. The van der Waals surface area contributed by atoms with Crippen molar-refractivity contribution in [1.82, 2.24) is 34.2 Å². The molecule has 4 aliphatic heterocycles. The molecule has 21 nitrogen and oxygen atoms in total. The Kier molecular flexibility index (Phi) is 15.5. The molecule has 8 heterocycles. The third kappa shape index (κ3) is 11.2. The average molecular weight is 1050 g/mol. The molecule has 21 heteroatoms. The lowest BCUT2D eigenvalue weighted by molar-refractivity contribution is -0.136. The Hall–Kier alpha value is -7.59. The van der Waals surface area contributed by atoms with E-state index in [-0.39, 0.29) is 66.4 Å². The van der Waals surface area contributed by atoms with Crippen molar-refractivity contribution in [3.8, 4) is 11.1 Å². The van der Waals surface area contributed by atoms with Crippen molar-refractivity contribution in [2.24, 2.45) is 12.5 Å². The smallest absolute Gasteiger partial charge is 0.276 e. The first-order valence-corrected chi connectivity index (χ1v) is 26.5. The van der Waals surface area contributed by atoms with E-state index in [1.807, 2.05) is 24.4 Å². The van der Waals surface area contributed by atoms with Crippen molar-refractivity contribution < 1.29 is 43.3 Å². The largest absolute Gasteiger partial charge is 0.392 e. The Morgan fingerprint density at radius 3 is 2.42 bits per heavy atom. The number of aliphatic hydroxyl groups is 1. The molecule has 10 rings (SSSR count). The molecule has 1 aliphatic carbocycles. The normalized spacial score (nSPS) is 18.2. The average Bonchev–Trinajstić information content (AvgIpc) is 4.11. The number of unbranched alkanes of at least 4 members (excludes halogenated alkanes) is 3. The number of aliphatic hydroxyl groups excluding tert-OH is 1. The first-order chi connectivity index (χ1) is 37.2. The molecule has 4 aromatic heterocycles. The van der Waals surface area contributed by atoms with Crippen molar-refractivity contribution in [3.63, 3.8) is 0 Å². The summed E-state index contributed by atoms with van der Waals surface area (Å²) in [6, 6.07) is 12.9. The summed E-state index contributed by atoms with van der Waals surface area (Å²) in [6.07, 6.45) is 11.2. The molecule has 1 unspecified atom stereocenters. The van der Waals surface area contributed by atoms with Crippen molar-refractivity contribution >= 4 is 64.1 Å². The number of piperidine rings is 1. The van der Waals surface area contributed by atoms with Gasteiger partial charge in [0.05, 0.1) is 48.5 Å². The number of piperazine rings is 1. The topological polar surface area (TPSA) is 243 Å². The monoisotopic (exact) mass is 1050 g/mol. The van der Waals surface area contributed by atoms with E-state index in [1.165, 1.54) is 34.0 Å². The Morgan fingerprint density at radius 2 is 1.64 bits per heavy atom. The number of rotatable bonds is 20. The lowest BCUT2D eigenvalue weighted by Crippen LogP contribution is -2.54. The summed E-state index contributed by atoms with van der Waals surface area (Å²) in [4.78, 5) is 107. The van der Waals surface area contributed by atoms with Gasteiger partial charge in [-0.1, -0.05) is 32.8 Å². The Labute approximate surface area is 445 Å². The minimum absolute atomic E-state index is 0.00118. The molecular formula is C56H65N11O10. The number of fused-ring (bicyclic) bond motifs is 4. The Bertz CT molecular complexity index is 3180. The molecule has 2 fully saturated rings. The highest BCUT2D eigenvalue weighted by molar-refractivity contribution is 6.26. The van der Waals surface area contributed by atoms with Crippen LogP contribution < -0.4 is 31.3 Å². The van der Waals surface area contributed by atoms with Crippen LogP contribution in [-0.2, 0) is 56.9 Å². The Morgan fingerprint density at radius 1 is 0.831 bits per heavy atom. The summed E-state index contributed by atoms with van der Waals surface area (Å²) in [5.41, 5.74) is 6.47. The van der Waals surface area contributed by atoms with Crippen molar-refractivity contribution in [1.29, 1.82) is 0 Å². The van der Waals surface area contributed by atoms with Gasteiger partial charge in [-0.2, -0.15) is 0 Å². The van der Waals surface area contributed by atoms with Crippen LogP contribution in [0.25, 0.3) is 11.1 Å². The number of imide groups is 2. The predicted molar refractivity (Wildman–Crippen MR) is 286 cm³/mol. The van der Waals surface area contributed by atoms with E-state index >= 15 is 0 Å². The fraction of sp³-hybridized carbons (Fsp3) is 0.446. The van der Waals surface area contributed by atoms with Crippen molar-refractivity contribution in [3.05, 3.63) is 111 Å². The summed E-state index contributed by atoms with van der Waals surface area (Å²) < 4.78 is 14.9. The standard InChI is InChI=1S/C56H65N11O10/c1-56(2)29-35-28-44-54(74)66(23-22-65(44)45(35)30-56)50-40(33-68)38(15-16-57-50)36-27-42(53(73)62(3)32-36)59-46-13-11-37(31-58-46)64-20-18-63(19-21-64)17-6-4-5-7-24-76-25-26-77-34-48(70)60-41-10-8-9-39-49(41)55(75)67(52(39)72)43-12-14-47(69)61-51(43)71/h8-11,13,15-16,27-28,31-32,43,68H,4-7,12,14,17-26,29-30,33-34H2,1-3H3,(H,58,59)(H,60,70)(H,61,69,71). The van der Waals surface area contributed by atoms with Gasteiger partial charge in [0.2, 0.25) is 17.7 Å². The second-order valence-electron chi connectivity index (χ2n) is 21.2. The SMILES string of the molecule is Cn1cc(-c2ccnc(N3CCn4c(cc5c4CC(C)(C)C5)C3=O)c2CO)cc(Nc2ccc(N3CCN(CCCCCCOCCOCC(=O)Nc4cccc5c4C(=O)N(C4CCC(=O)NC4=O)C5=O)CC3)cn2)c1=O. The molecule has 77 heavy (non-hydrogen) atoms. The molecule has 4 N–H and O–H groups in total. The number of anilines is 5. The van der Waals surface area contributed by atoms with Crippen LogP contribution in [0.4, 0.5) is 28.7 Å². The number of benzene rings is 1. The number of hydrogen-bond acceptors (Lipinski definition) is 15. The molecule has 1 atom stereocenters. The molecular weight excluding hydrogens is 987 g/mol.